The van der Waals surface area contributed by atoms with Crippen LogP contribution in [0.15, 0.2) is 83.1 Å². The molecule has 3 heterocycles. The fraction of sp³-hybridized carbons (Fsp3) is 0.421. The van der Waals surface area contributed by atoms with Crippen molar-refractivity contribution in [2.75, 3.05) is 22.2 Å². The van der Waals surface area contributed by atoms with Gasteiger partial charge >= 0.3 is 6.03 Å². The van der Waals surface area contributed by atoms with Crippen LogP contribution in [0.5, 0.6) is 0 Å². The number of Topliss-reactive ketones (excluding diaryl/α,β-unsaturated/α-hetero) is 1. The third-order valence-electron chi connectivity index (χ3n) is 8.97. The highest BCUT2D eigenvalue weighted by Gasteiger charge is 2.42. The summed E-state index contributed by atoms with van der Waals surface area (Å²) >= 11 is 5.91. The van der Waals surface area contributed by atoms with Gasteiger partial charge in [-0.25, -0.2) is 4.79 Å². The van der Waals surface area contributed by atoms with Crippen LogP contribution in [0.2, 0.25) is 0 Å². The second-order valence-electron chi connectivity index (χ2n) is 12.3. The predicted octanol–water partition coefficient (Wildman–Crippen LogP) is 9.40. The van der Waals surface area contributed by atoms with Crippen LogP contribution >= 0.6 is 35.3 Å². The van der Waals surface area contributed by atoms with Crippen LogP contribution in [0.1, 0.15) is 75.0 Å². The number of hydrogen-bond acceptors (Lipinski definition) is 6. The van der Waals surface area contributed by atoms with Crippen LogP contribution in [0, 0.1) is 0 Å². The van der Waals surface area contributed by atoms with E-state index in [1.165, 1.54) is 37.9 Å². The maximum absolute atomic E-state index is 12.7. The van der Waals surface area contributed by atoms with E-state index in [1.807, 2.05) is 35.3 Å². The Balaban J connectivity index is 1.05. The molecule has 0 aliphatic carbocycles. The van der Waals surface area contributed by atoms with Gasteiger partial charge in [-0.1, -0.05) is 80.1 Å². The molecular weight excluding hydrogens is 627 g/mol. The Morgan fingerprint density at radius 1 is 0.826 bits per heavy atom. The number of nitrogens with one attached hydrogen (secondary N) is 2. The first kappa shape index (κ1) is 33.1. The number of carbonyl (C=O) groups excluding carboxylic acids is 2. The highest BCUT2D eigenvalue weighted by molar-refractivity contribution is 8.22. The number of hydrogen-bond donors (Lipinski definition) is 2. The minimum atomic E-state index is -0.0280. The van der Waals surface area contributed by atoms with Crippen molar-refractivity contribution in [2.24, 2.45) is 0 Å². The van der Waals surface area contributed by atoms with E-state index in [-0.39, 0.29) is 18.1 Å². The summed E-state index contributed by atoms with van der Waals surface area (Å²) in [6.45, 7) is 3.08. The first-order chi connectivity index (χ1) is 22.6. The number of thioether (sulfide) groups is 3. The standard InChI is InChI=1S/C38H45N3O2S3/c1-2-23-44-37(45-24-13-12-17-28(42)16-6-11-22-34-36-31(26-46-34)39-38(43)40-36)35-29-18-7-9-20-32(29)41(25-27-14-4-3-5-15-27)33-21-10-8-19-30(33)35/h3-5,7-10,14-15,18-21,31,34,36H,2,6,11-13,16-17,22-26H2,1H3,(H2,39,40,43)/t31-,34-,36-/m1/s1. The molecule has 8 heteroatoms. The molecule has 242 valence electrons. The van der Waals surface area contributed by atoms with Gasteiger partial charge in [0.25, 0.3) is 0 Å². The highest BCUT2D eigenvalue weighted by atomic mass is 32.2. The Morgan fingerprint density at radius 3 is 2.20 bits per heavy atom. The van der Waals surface area contributed by atoms with Gasteiger partial charge in [-0.2, -0.15) is 11.8 Å². The van der Waals surface area contributed by atoms with Gasteiger partial charge in [0.1, 0.15) is 5.78 Å². The smallest absolute Gasteiger partial charge is 0.315 e. The Labute approximate surface area is 287 Å². The molecule has 2 fully saturated rings. The lowest BCUT2D eigenvalue weighted by atomic mass is 9.91. The van der Waals surface area contributed by atoms with Gasteiger partial charge in [0.05, 0.1) is 12.1 Å². The van der Waals surface area contributed by atoms with E-state index in [0.29, 0.717) is 23.9 Å². The summed E-state index contributed by atoms with van der Waals surface area (Å²) in [5.41, 5.74) is 7.78. The molecule has 3 aromatic carbocycles. The molecule has 2 N–H and O–H groups in total. The number of anilines is 2. The van der Waals surface area contributed by atoms with E-state index < -0.39 is 0 Å². The molecule has 5 nitrogen and oxygen atoms in total. The number of para-hydroxylation sites is 2. The molecule has 0 bridgehead atoms. The molecule has 0 radical (unpaired) electrons. The van der Waals surface area contributed by atoms with E-state index >= 15 is 0 Å². The van der Waals surface area contributed by atoms with Crippen molar-refractivity contribution in [2.45, 2.75) is 82.2 Å². The van der Waals surface area contributed by atoms with Crippen molar-refractivity contribution >= 4 is 64.0 Å². The van der Waals surface area contributed by atoms with E-state index in [2.05, 4.69) is 101 Å². The fourth-order valence-corrected chi connectivity index (χ4v) is 10.7. The normalized spacial score (nSPS) is 19.7. The second kappa shape index (κ2) is 16.3. The summed E-state index contributed by atoms with van der Waals surface area (Å²) in [5.74, 6) is 3.49. The molecule has 0 aromatic heterocycles. The molecule has 3 aromatic rings. The third-order valence-corrected chi connectivity index (χ3v) is 13.2. The average Bonchev–Trinajstić information content (AvgIpc) is 3.64. The largest absolute Gasteiger partial charge is 0.336 e. The predicted molar refractivity (Wildman–Crippen MR) is 199 cm³/mol. The van der Waals surface area contributed by atoms with Gasteiger partial charge in [-0.15, -0.1) is 23.5 Å². The summed E-state index contributed by atoms with van der Waals surface area (Å²) < 4.78 is 1.40. The SMILES string of the molecule is CCCSC(SCCCCC(=O)CCCC[C@H]1SC[C@H]2NC(=O)N[C@H]21)=C1c2ccccc2N(Cc2ccccc2)c2ccccc21. The molecule has 3 atom stereocenters. The number of benzene rings is 3. The minimum Gasteiger partial charge on any atom is -0.336 e. The fourth-order valence-electron chi connectivity index (χ4n) is 6.68. The average molecular weight is 672 g/mol. The molecule has 6 rings (SSSR count). The van der Waals surface area contributed by atoms with Gasteiger partial charge < -0.3 is 15.5 Å². The molecule has 0 unspecified atom stereocenters. The first-order valence-electron chi connectivity index (χ1n) is 16.8. The van der Waals surface area contributed by atoms with E-state index in [4.69, 9.17) is 0 Å². The number of fused-ring (bicyclic) bond motifs is 3. The van der Waals surface area contributed by atoms with Crippen LogP contribution in [0.4, 0.5) is 16.2 Å². The van der Waals surface area contributed by atoms with Crippen LogP contribution in [-0.2, 0) is 11.3 Å². The Bertz CT molecular complexity index is 1480. The van der Waals surface area contributed by atoms with Gasteiger partial charge in [0.2, 0.25) is 0 Å². The van der Waals surface area contributed by atoms with Crippen molar-refractivity contribution in [1.29, 1.82) is 0 Å². The third kappa shape index (κ3) is 8.00. The van der Waals surface area contributed by atoms with E-state index in [1.54, 1.807) is 0 Å². The van der Waals surface area contributed by atoms with Gasteiger partial charge in [0, 0.05) is 62.7 Å². The van der Waals surface area contributed by atoms with Crippen molar-refractivity contribution in [3.63, 3.8) is 0 Å². The van der Waals surface area contributed by atoms with Gasteiger partial charge in [-0.05, 0) is 61.3 Å². The zero-order chi connectivity index (χ0) is 31.7. The van der Waals surface area contributed by atoms with Crippen LogP contribution in [0.3, 0.4) is 0 Å². The molecule has 46 heavy (non-hydrogen) atoms. The van der Waals surface area contributed by atoms with Gasteiger partial charge in [-0.3, -0.25) is 4.79 Å². The Kier molecular flexibility index (Phi) is 11.8. The number of urea groups is 1. The zero-order valence-corrected chi connectivity index (χ0v) is 29.2. The lowest BCUT2D eigenvalue weighted by molar-refractivity contribution is -0.119. The Morgan fingerprint density at radius 2 is 1.48 bits per heavy atom. The zero-order valence-electron chi connectivity index (χ0n) is 26.7. The lowest BCUT2D eigenvalue weighted by Gasteiger charge is -2.35. The molecular formula is C38H45N3O2S3. The summed E-state index contributed by atoms with van der Waals surface area (Å²) in [6, 6.07) is 29.0. The van der Waals surface area contributed by atoms with Crippen LogP contribution in [0.25, 0.3) is 5.57 Å². The van der Waals surface area contributed by atoms with Gasteiger partial charge in [0.15, 0.2) is 0 Å². The first-order valence-corrected chi connectivity index (χ1v) is 19.8. The quantitative estimate of drug-likeness (QED) is 0.117. The maximum atomic E-state index is 12.7. The minimum absolute atomic E-state index is 0.0280. The number of carbonyl (C=O) groups is 2. The molecule has 3 aliphatic rings. The molecule has 2 saturated heterocycles. The maximum Gasteiger partial charge on any atom is 0.315 e. The number of amides is 2. The monoisotopic (exact) mass is 671 g/mol. The van der Waals surface area contributed by atoms with Crippen molar-refractivity contribution < 1.29 is 9.59 Å². The molecule has 3 aliphatic heterocycles. The Hall–Kier alpha value is -2.81. The summed E-state index contributed by atoms with van der Waals surface area (Å²) in [5, 5.41) is 6.55. The summed E-state index contributed by atoms with van der Waals surface area (Å²) in [4.78, 5) is 26.8. The van der Waals surface area contributed by atoms with Crippen LogP contribution < -0.4 is 15.5 Å². The van der Waals surface area contributed by atoms with Crippen LogP contribution in [-0.4, -0.2) is 46.4 Å². The van der Waals surface area contributed by atoms with E-state index in [9.17, 15) is 9.59 Å². The van der Waals surface area contributed by atoms with Crippen molar-refractivity contribution in [3.05, 3.63) is 99.8 Å². The van der Waals surface area contributed by atoms with E-state index in [0.717, 1.165) is 62.3 Å². The summed E-state index contributed by atoms with van der Waals surface area (Å²) in [6.07, 6.45) is 7.55. The topological polar surface area (TPSA) is 61.4 Å². The number of ketones is 1. The van der Waals surface area contributed by atoms with Crippen molar-refractivity contribution in [3.8, 4) is 0 Å². The second-order valence-corrected chi connectivity index (χ2v) is 16.1. The highest BCUT2D eigenvalue weighted by Crippen LogP contribution is 2.50. The number of rotatable bonds is 16. The molecule has 0 saturated carbocycles. The summed E-state index contributed by atoms with van der Waals surface area (Å²) in [7, 11) is 0. The molecule has 2 amide bonds. The van der Waals surface area contributed by atoms with Crippen molar-refractivity contribution in [1.82, 2.24) is 10.6 Å². The number of unbranched alkanes of at least 4 members (excludes halogenated alkanes) is 2. The molecule has 0 spiro atoms. The number of nitrogens with zero attached hydrogens (tertiary/aromatic N) is 1. The lowest BCUT2D eigenvalue weighted by Crippen LogP contribution is -2.36.